The van der Waals surface area contributed by atoms with Crippen molar-refractivity contribution in [1.29, 1.82) is 0 Å². The van der Waals surface area contributed by atoms with Crippen molar-refractivity contribution >= 4 is 15.9 Å². The fraction of sp³-hybridized carbons (Fsp3) is 0.400. The van der Waals surface area contributed by atoms with Crippen LogP contribution >= 0.6 is 15.9 Å². The van der Waals surface area contributed by atoms with Crippen LogP contribution in [0, 0.1) is 0 Å². The predicted octanol–water partition coefficient (Wildman–Crippen LogP) is 4.28. The van der Waals surface area contributed by atoms with Gasteiger partial charge < -0.3 is 14.3 Å². The summed E-state index contributed by atoms with van der Waals surface area (Å²) in [7, 11) is 0. The molecular weight excluding hydrogens is 392 g/mol. The third kappa shape index (κ3) is 3.91. The molecule has 0 saturated carbocycles. The van der Waals surface area contributed by atoms with E-state index >= 15 is 0 Å². The lowest BCUT2D eigenvalue weighted by Crippen LogP contribution is -2.25. The minimum atomic E-state index is 0.0321. The van der Waals surface area contributed by atoms with E-state index in [1.54, 1.807) is 6.26 Å². The molecule has 0 radical (unpaired) electrons. The summed E-state index contributed by atoms with van der Waals surface area (Å²) in [5, 5.41) is 12.4. The summed E-state index contributed by atoms with van der Waals surface area (Å²) in [5.74, 6) is 3.16. The molecule has 1 aliphatic heterocycles. The second-order valence-corrected chi connectivity index (χ2v) is 7.61. The van der Waals surface area contributed by atoms with E-state index < -0.39 is 0 Å². The molecule has 26 heavy (non-hydrogen) atoms. The number of nitrogens with one attached hydrogen (secondary N) is 1. The van der Waals surface area contributed by atoms with Crippen LogP contribution in [0.2, 0.25) is 0 Å². The number of benzene rings is 1. The van der Waals surface area contributed by atoms with Crippen LogP contribution in [0.4, 0.5) is 0 Å². The van der Waals surface area contributed by atoms with Gasteiger partial charge in [-0.05, 0) is 42.7 Å². The van der Waals surface area contributed by atoms with Crippen LogP contribution in [0.15, 0.2) is 51.6 Å². The monoisotopic (exact) mass is 414 g/mol. The van der Waals surface area contributed by atoms with Crippen molar-refractivity contribution in [3.05, 3.63) is 70.1 Å². The van der Waals surface area contributed by atoms with E-state index in [1.807, 2.05) is 12.1 Å². The normalized spacial score (nSPS) is 15.4. The lowest BCUT2D eigenvalue weighted by molar-refractivity contribution is 0.445. The Hall–Kier alpha value is -1.92. The van der Waals surface area contributed by atoms with Gasteiger partial charge >= 0.3 is 0 Å². The number of hydrogen-bond donors (Lipinski definition) is 1. The molecule has 6 heteroatoms. The third-order valence-corrected chi connectivity index (χ3v) is 5.44. The Morgan fingerprint density at radius 3 is 2.81 bits per heavy atom. The zero-order chi connectivity index (χ0) is 17.8. The summed E-state index contributed by atoms with van der Waals surface area (Å²) < 4.78 is 9.06. The first-order valence-corrected chi connectivity index (χ1v) is 10.0. The fourth-order valence-electron chi connectivity index (χ4n) is 3.55. The highest BCUT2D eigenvalue weighted by atomic mass is 79.9. The zero-order valence-corrected chi connectivity index (χ0v) is 16.3. The van der Waals surface area contributed by atoms with Crippen LogP contribution in [-0.2, 0) is 19.4 Å². The van der Waals surface area contributed by atoms with Gasteiger partial charge in [-0.2, -0.15) is 0 Å². The van der Waals surface area contributed by atoms with Gasteiger partial charge in [0.15, 0.2) is 0 Å². The van der Waals surface area contributed by atoms with Crippen molar-refractivity contribution in [2.24, 2.45) is 0 Å². The quantitative estimate of drug-likeness (QED) is 0.653. The Kier molecular flexibility index (Phi) is 5.51. The largest absolute Gasteiger partial charge is 0.467 e. The minimum absolute atomic E-state index is 0.0321. The zero-order valence-electron chi connectivity index (χ0n) is 14.7. The summed E-state index contributed by atoms with van der Waals surface area (Å²) in [4.78, 5) is 0. The molecule has 1 atom stereocenters. The Morgan fingerprint density at radius 2 is 2.00 bits per heavy atom. The maximum absolute atomic E-state index is 5.67. The Morgan fingerprint density at radius 1 is 1.12 bits per heavy atom. The lowest BCUT2D eigenvalue weighted by Gasteiger charge is -2.17. The van der Waals surface area contributed by atoms with Crippen molar-refractivity contribution in [2.45, 2.75) is 44.7 Å². The standard InChI is InChI=1S/C20H23BrN4O/c21-16-9-7-15(8-10-16)20(17-5-4-14-26-17)22-12-11-19-24-23-18-6-2-1-3-13-25(18)19/h4-5,7-10,14,20,22H,1-3,6,11-13H2/t20-/m1/s1. The van der Waals surface area contributed by atoms with E-state index in [9.17, 15) is 0 Å². The van der Waals surface area contributed by atoms with E-state index in [0.717, 1.165) is 47.8 Å². The summed E-state index contributed by atoms with van der Waals surface area (Å²) in [6.45, 7) is 1.87. The average molecular weight is 415 g/mol. The molecule has 3 aromatic rings. The third-order valence-electron chi connectivity index (χ3n) is 4.91. The van der Waals surface area contributed by atoms with Gasteiger partial charge in [0.05, 0.1) is 12.3 Å². The van der Waals surface area contributed by atoms with Gasteiger partial charge in [0.2, 0.25) is 0 Å². The van der Waals surface area contributed by atoms with Gasteiger partial charge in [0, 0.05) is 30.4 Å². The van der Waals surface area contributed by atoms with Gasteiger partial charge in [0.25, 0.3) is 0 Å². The smallest absolute Gasteiger partial charge is 0.134 e. The van der Waals surface area contributed by atoms with Crippen LogP contribution in [0.3, 0.4) is 0 Å². The SMILES string of the molecule is Brc1ccc([C@@H](NCCc2nnc3n2CCCCC3)c2ccco2)cc1. The molecule has 1 aromatic carbocycles. The summed E-state index contributed by atoms with van der Waals surface area (Å²) in [5.41, 5.74) is 1.18. The molecule has 3 heterocycles. The van der Waals surface area contributed by atoms with Crippen LogP contribution in [0.25, 0.3) is 0 Å². The molecule has 136 valence electrons. The van der Waals surface area contributed by atoms with Crippen molar-refractivity contribution in [2.75, 3.05) is 6.54 Å². The molecule has 2 aromatic heterocycles. The highest BCUT2D eigenvalue weighted by Crippen LogP contribution is 2.24. The Balaban J connectivity index is 1.46. The molecule has 1 N–H and O–H groups in total. The molecule has 0 saturated heterocycles. The van der Waals surface area contributed by atoms with Crippen molar-refractivity contribution < 1.29 is 4.42 Å². The summed E-state index contributed by atoms with van der Waals surface area (Å²) in [6, 6.07) is 12.3. The number of aromatic nitrogens is 3. The van der Waals surface area contributed by atoms with E-state index in [4.69, 9.17) is 4.42 Å². The van der Waals surface area contributed by atoms with Crippen molar-refractivity contribution in [1.82, 2.24) is 20.1 Å². The first-order valence-electron chi connectivity index (χ1n) is 9.24. The number of nitrogens with zero attached hydrogens (tertiary/aromatic N) is 3. The van der Waals surface area contributed by atoms with E-state index in [1.165, 1.54) is 24.8 Å². The topological polar surface area (TPSA) is 55.9 Å². The lowest BCUT2D eigenvalue weighted by atomic mass is 10.0. The van der Waals surface area contributed by atoms with Crippen LogP contribution < -0.4 is 5.32 Å². The predicted molar refractivity (Wildman–Crippen MR) is 104 cm³/mol. The van der Waals surface area contributed by atoms with E-state index in [2.05, 4.69) is 60.3 Å². The number of hydrogen-bond acceptors (Lipinski definition) is 4. The molecule has 0 aliphatic carbocycles. The number of fused-ring (bicyclic) bond motifs is 1. The Bertz CT molecular complexity index is 826. The van der Waals surface area contributed by atoms with Crippen LogP contribution in [-0.4, -0.2) is 21.3 Å². The van der Waals surface area contributed by atoms with Gasteiger partial charge in [-0.25, -0.2) is 0 Å². The minimum Gasteiger partial charge on any atom is -0.467 e. The number of rotatable bonds is 6. The second-order valence-electron chi connectivity index (χ2n) is 6.70. The second kappa shape index (κ2) is 8.18. The number of halogens is 1. The van der Waals surface area contributed by atoms with Crippen LogP contribution in [0.1, 0.15) is 48.3 Å². The molecule has 1 aliphatic rings. The van der Waals surface area contributed by atoms with Crippen molar-refractivity contribution in [3.63, 3.8) is 0 Å². The molecular formula is C20H23BrN4O. The van der Waals surface area contributed by atoms with Crippen LogP contribution in [0.5, 0.6) is 0 Å². The Labute approximate surface area is 161 Å². The van der Waals surface area contributed by atoms with E-state index in [-0.39, 0.29) is 6.04 Å². The van der Waals surface area contributed by atoms with E-state index in [0.29, 0.717) is 0 Å². The van der Waals surface area contributed by atoms with Crippen molar-refractivity contribution in [3.8, 4) is 0 Å². The van der Waals surface area contributed by atoms with Gasteiger partial charge in [-0.3, -0.25) is 0 Å². The summed E-state index contributed by atoms with van der Waals surface area (Å²) >= 11 is 3.50. The van der Waals surface area contributed by atoms with Gasteiger partial charge in [0.1, 0.15) is 17.4 Å². The molecule has 5 nitrogen and oxygen atoms in total. The fourth-order valence-corrected chi connectivity index (χ4v) is 3.82. The van der Waals surface area contributed by atoms with Gasteiger partial charge in [-0.1, -0.05) is 34.5 Å². The number of aryl methyl sites for hydroxylation is 1. The molecule has 0 bridgehead atoms. The highest BCUT2D eigenvalue weighted by molar-refractivity contribution is 9.10. The molecule has 4 rings (SSSR count). The van der Waals surface area contributed by atoms with Gasteiger partial charge in [-0.15, -0.1) is 10.2 Å². The molecule has 0 spiro atoms. The summed E-state index contributed by atoms with van der Waals surface area (Å²) in [6.07, 6.45) is 7.36. The maximum atomic E-state index is 5.67. The maximum Gasteiger partial charge on any atom is 0.134 e. The highest BCUT2D eigenvalue weighted by Gasteiger charge is 2.18. The number of furan rings is 1. The molecule has 0 amide bonds. The average Bonchev–Trinajstić information content (AvgIpc) is 3.25. The first kappa shape index (κ1) is 17.5. The molecule has 0 unspecified atom stereocenters. The first-order chi connectivity index (χ1) is 12.8. The molecule has 0 fully saturated rings.